The van der Waals surface area contributed by atoms with Crippen molar-refractivity contribution in [2.24, 2.45) is 4.99 Å². The highest BCUT2D eigenvalue weighted by Crippen LogP contribution is 2.35. The highest BCUT2D eigenvalue weighted by molar-refractivity contribution is 6.31. The fraction of sp³-hybridized carbons (Fsp3) is 0.455. The molecular weight excluding hydrogens is 544 g/mol. The number of benzene rings is 1. The van der Waals surface area contributed by atoms with Crippen molar-refractivity contribution in [3.63, 3.8) is 0 Å². The van der Waals surface area contributed by atoms with Gasteiger partial charge in [-0.05, 0) is 24.3 Å². The molecule has 0 aromatic heterocycles. The first-order valence-electron chi connectivity index (χ1n) is 9.82. The summed E-state index contributed by atoms with van der Waals surface area (Å²) >= 11 is 5.61. The van der Waals surface area contributed by atoms with E-state index in [-0.39, 0.29) is 29.5 Å². The van der Waals surface area contributed by atoms with Gasteiger partial charge in [-0.15, -0.1) is 0 Å². The Bertz CT molecular complexity index is 905. The molecule has 9 heteroatoms. The van der Waals surface area contributed by atoms with E-state index in [4.69, 9.17) is 16.3 Å². The van der Waals surface area contributed by atoms with Crippen LogP contribution in [-0.2, 0) is 10.9 Å². The van der Waals surface area contributed by atoms with E-state index in [1.54, 1.807) is 6.08 Å². The van der Waals surface area contributed by atoms with Gasteiger partial charge in [0.05, 0.1) is 43.9 Å². The second-order valence-electron chi connectivity index (χ2n) is 8.20. The maximum atomic E-state index is 13.0. The molecule has 0 unspecified atom stereocenters. The summed E-state index contributed by atoms with van der Waals surface area (Å²) in [5.41, 5.74) is 0.497. The third kappa shape index (κ3) is 6.87. The van der Waals surface area contributed by atoms with Crippen LogP contribution in [-0.4, -0.2) is 56.0 Å². The van der Waals surface area contributed by atoms with Crippen LogP contribution in [0, 0.1) is 0 Å². The van der Waals surface area contributed by atoms with Crippen LogP contribution in [0.3, 0.4) is 0 Å². The number of allylic oxidation sites excluding steroid dienone is 2. The molecule has 0 radical (unpaired) electrons. The second-order valence-corrected chi connectivity index (χ2v) is 8.60. The molecule has 0 N–H and O–H groups in total. The number of nitrogens with zero attached hydrogens (tertiary/aromatic N) is 2. The van der Waals surface area contributed by atoms with E-state index < -0.39 is 22.7 Å². The summed E-state index contributed by atoms with van der Waals surface area (Å²) in [6.07, 6.45) is 3.62. The summed E-state index contributed by atoms with van der Waals surface area (Å²) < 4.78 is 45.3. The molecule has 0 atom stereocenters. The summed E-state index contributed by atoms with van der Waals surface area (Å²) in [6.45, 7) is 2.44. The fourth-order valence-corrected chi connectivity index (χ4v) is 4.05. The molecule has 1 amide bonds. The fourth-order valence-electron chi connectivity index (χ4n) is 3.83. The van der Waals surface area contributed by atoms with Crippen molar-refractivity contribution in [1.29, 1.82) is 0 Å². The molecule has 3 rings (SSSR count). The van der Waals surface area contributed by atoms with E-state index in [2.05, 4.69) is 19.1 Å². The number of hydrogen-bond acceptors (Lipinski definition) is 2. The lowest BCUT2D eigenvalue weighted by atomic mass is 10.0. The Balaban J connectivity index is 0.00000341. The number of hydrogen-bond donors (Lipinski definition) is 0. The van der Waals surface area contributed by atoms with Gasteiger partial charge >= 0.3 is 6.18 Å². The number of quaternary nitrogens is 1. The summed E-state index contributed by atoms with van der Waals surface area (Å²) in [7, 11) is 4.41. The van der Waals surface area contributed by atoms with E-state index in [0.29, 0.717) is 18.2 Å². The molecule has 2 aliphatic rings. The average Bonchev–Trinajstić information content (AvgIpc) is 2.69. The van der Waals surface area contributed by atoms with Crippen molar-refractivity contribution >= 4 is 23.2 Å². The zero-order valence-corrected chi connectivity index (χ0v) is 20.3. The van der Waals surface area contributed by atoms with E-state index in [1.165, 1.54) is 6.07 Å². The van der Waals surface area contributed by atoms with Crippen LogP contribution in [0.5, 0.6) is 0 Å². The van der Waals surface area contributed by atoms with E-state index in [9.17, 15) is 18.0 Å². The third-order valence-electron chi connectivity index (χ3n) is 5.60. The molecule has 31 heavy (non-hydrogen) atoms. The van der Waals surface area contributed by atoms with E-state index >= 15 is 0 Å². The van der Waals surface area contributed by atoms with Gasteiger partial charge in [0.15, 0.2) is 0 Å². The molecule has 1 fully saturated rings. The van der Waals surface area contributed by atoms with Gasteiger partial charge in [0.1, 0.15) is 6.54 Å². The minimum absolute atomic E-state index is 0. The normalized spacial score (nSPS) is 19.2. The van der Waals surface area contributed by atoms with Gasteiger partial charge in [-0.1, -0.05) is 23.8 Å². The summed E-state index contributed by atoms with van der Waals surface area (Å²) in [5, 5.41) is -0.442. The third-order valence-corrected chi connectivity index (χ3v) is 5.93. The number of rotatable bonds is 4. The number of aliphatic imine (C=N–C) groups is 1. The lowest BCUT2D eigenvalue weighted by molar-refractivity contribution is -0.912. The minimum Gasteiger partial charge on any atom is -1.00 e. The maximum Gasteiger partial charge on any atom is 0.417 e. The van der Waals surface area contributed by atoms with Crippen LogP contribution in [0.25, 0.3) is 0 Å². The smallest absolute Gasteiger partial charge is 0.417 e. The highest BCUT2D eigenvalue weighted by Gasteiger charge is 2.34. The van der Waals surface area contributed by atoms with Crippen molar-refractivity contribution < 1.29 is 51.2 Å². The Kier molecular flexibility index (Phi) is 8.89. The quantitative estimate of drug-likeness (QED) is 0.412. The Labute approximate surface area is 202 Å². The van der Waals surface area contributed by atoms with Crippen LogP contribution >= 0.6 is 11.6 Å². The Morgan fingerprint density at radius 1 is 1.23 bits per heavy atom. The van der Waals surface area contributed by atoms with Gasteiger partial charge in [0.2, 0.25) is 0 Å². The number of carbonyl (C=O) groups excluding carboxylic acids is 1. The Morgan fingerprint density at radius 3 is 2.48 bits per heavy atom. The Morgan fingerprint density at radius 2 is 1.90 bits per heavy atom. The molecule has 0 spiro atoms. The summed E-state index contributed by atoms with van der Waals surface area (Å²) in [6, 6.07) is 3.61. The van der Waals surface area contributed by atoms with Crippen LogP contribution < -0.4 is 24.0 Å². The molecule has 1 aromatic carbocycles. The first-order valence-corrected chi connectivity index (χ1v) is 10.2. The molecule has 1 saturated heterocycles. The monoisotopic (exact) mass is 568 g/mol. The van der Waals surface area contributed by atoms with E-state index in [0.717, 1.165) is 54.8 Å². The number of halogens is 5. The lowest BCUT2D eigenvalue weighted by Crippen LogP contribution is -3.00. The first-order chi connectivity index (χ1) is 14.1. The van der Waals surface area contributed by atoms with Crippen LogP contribution in [0.1, 0.15) is 35.2 Å². The predicted molar refractivity (Wildman–Crippen MR) is 111 cm³/mol. The van der Waals surface area contributed by atoms with Gasteiger partial charge in [-0.3, -0.25) is 4.79 Å². The predicted octanol–water partition coefficient (Wildman–Crippen LogP) is 2.09. The molecule has 170 valence electrons. The molecule has 0 saturated carbocycles. The van der Waals surface area contributed by atoms with Crippen molar-refractivity contribution in [1.82, 2.24) is 0 Å². The van der Waals surface area contributed by atoms with Crippen molar-refractivity contribution in [2.45, 2.75) is 31.5 Å². The zero-order chi connectivity index (χ0) is 21.9. The number of carbonyl (C=O) groups is 1. The number of amides is 1. The average molecular weight is 569 g/mol. The van der Waals surface area contributed by atoms with Crippen molar-refractivity contribution in [2.75, 3.05) is 33.9 Å². The number of likely N-dealkylation sites (N-methyl/N-ethyl adjacent to an activating group) is 1. The number of alkyl halides is 3. The molecule has 1 aromatic rings. The highest BCUT2D eigenvalue weighted by atomic mass is 127. The second kappa shape index (κ2) is 10.6. The van der Waals surface area contributed by atoms with Gasteiger partial charge in [0, 0.05) is 36.1 Å². The van der Waals surface area contributed by atoms with Gasteiger partial charge in [0.25, 0.3) is 5.91 Å². The van der Waals surface area contributed by atoms with Crippen molar-refractivity contribution in [3.8, 4) is 0 Å². The Hall–Kier alpha value is -1.23. The van der Waals surface area contributed by atoms with Gasteiger partial charge < -0.3 is 33.2 Å². The van der Waals surface area contributed by atoms with Crippen LogP contribution in [0.15, 0.2) is 47.0 Å². The largest absolute Gasteiger partial charge is 1.00 e. The lowest BCUT2D eigenvalue weighted by Gasteiger charge is -2.40. The zero-order valence-electron chi connectivity index (χ0n) is 17.4. The maximum absolute atomic E-state index is 13.0. The standard InChI is InChI=1S/C22H25ClF3N2O2.HI/c1-28(2,18-9-11-30-12-10-18)14-15-3-6-17(7-4-15)27-21(29)16-5-8-20(23)19(13-16)22(24,25)26;/h3-6,8,13,18H,7,9-12,14H2,1-2H3;1H/q+1;/p-1. The van der Waals surface area contributed by atoms with Gasteiger partial charge in [-0.25, -0.2) is 4.99 Å². The van der Waals surface area contributed by atoms with Gasteiger partial charge in [-0.2, -0.15) is 13.2 Å². The first kappa shape index (κ1) is 26.0. The summed E-state index contributed by atoms with van der Waals surface area (Å²) in [4.78, 5) is 16.3. The SMILES string of the molecule is C[N+](C)(CC1=CCC(=NC(=O)c2ccc(Cl)c(C(F)(F)F)c2)C=C1)C1CCOCC1.[I-]. The molecule has 4 nitrogen and oxygen atoms in total. The molecular formula is C22H25ClF3IN2O2. The molecule has 1 aliphatic heterocycles. The molecule has 1 heterocycles. The summed E-state index contributed by atoms with van der Waals surface area (Å²) in [5.74, 6) is -0.716. The van der Waals surface area contributed by atoms with Crippen LogP contribution in [0.2, 0.25) is 5.02 Å². The molecule has 0 bridgehead atoms. The van der Waals surface area contributed by atoms with E-state index in [1.807, 2.05) is 12.2 Å². The minimum atomic E-state index is -4.63. The molecule has 1 aliphatic carbocycles. The van der Waals surface area contributed by atoms with Crippen molar-refractivity contribution in [3.05, 3.63) is 58.1 Å². The number of ether oxygens (including phenoxy) is 1. The topological polar surface area (TPSA) is 38.7 Å². The van der Waals surface area contributed by atoms with Crippen LogP contribution in [0.4, 0.5) is 13.2 Å².